The highest BCUT2D eigenvalue weighted by Gasteiger charge is 2.18. The minimum absolute atomic E-state index is 0.180. The van der Waals surface area contributed by atoms with E-state index in [0.717, 1.165) is 11.8 Å². The van der Waals surface area contributed by atoms with E-state index < -0.39 is 5.97 Å². The summed E-state index contributed by atoms with van der Waals surface area (Å²) in [5, 5.41) is 8.98. The van der Waals surface area contributed by atoms with Gasteiger partial charge in [0.2, 0.25) is 0 Å². The van der Waals surface area contributed by atoms with Crippen LogP contribution in [0.3, 0.4) is 0 Å². The van der Waals surface area contributed by atoms with Crippen molar-refractivity contribution in [1.82, 2.24) is 0 Å². The van der Waals surface area contributed by atoms with Crippen LogP contribution >= 0.6 is 11.8 Å². The van der Waals surface area contributed by atoms with Gasteiger partial charge in [0.05, 0.1) is 10.5 Å². The number of furan rings is 1. The number of likely N-dealkylation sites (N-methyl/N-ethyl adjacent to an activating group) is 1. The van der Waals surface area contributed by atoms with E-state index in [1.54, 1.807) is 43.4 Å². The lowest BCUT2D eigenvalue weighted by Gasteiger charge is -2.17. The summed E-state index contributed by atoms with van der Waals surface area (Å²) >= 11 is 0.777. The van der Waals surface area contributed by atoms with Crippen LogP contribution in [0.1, 0.15) is 16.1 Å². The van der Waals surface area contributed by atoms with Crippen molar-refractivity contribution < 1.29 is 23.9 Å². The highest BCUT2D eigenvalue weighted by molar-refractivity contribution is 8.16. The summed E-state index contributed by atoms with van der Waals surface area (Å²) in [6, 6.07) is 18.8. The molecule has 0 radical (unpaired) electrons. The molecule has 0 spiro atoms. The van der Waals surface area contributed by atoms with Crippen LogP contribution in [0.15, 0.2) is 76.1 Å². The SMILES string of the molecule is CN(C(=O)/C(=C/c1ccc(-c2ccc(C(=O)O)cc2)o1)SC=O)c1ccccc1. The molecule has 7 heteroatoms. The summed E-state index contributed by atoms with van der Waals surface area (Å²) < 4.78 is 5.76. The quantitative estimate of drug-likeness (QED) is 0.456. The van der Waals surface area contributed by atoms with Crippen LogP contribution in [0, 0.1) is 0 Å². The van der Waals surface area contributed by atoms with Crippen LogP contribution in [-0.4, -0.2) is 29.6 Å². The second kappa shape index (κ2) is 9.07. The van der Waals surface area contributed by atoms with Gasteiger partial charge in [-0.25, -0.2) is 4.79 Å². The molecule has 2 aromatic carbocycles. The number of carboxylic acid groups (broad SMARTS) is 1. The normalized spacial score (nSPS) is 11.1. The minimum atomic E-state index is -1.00. The van der Waals surface area contributed by atoms with Crippen molar-refractivity contribution in [2.24, 2.45) is 0 Å². The Kier molecular flexibility index (Phi) is 6.31. The number of nitrogens with zero attached hydrogens (tertiary/aromatic N) is 1. The third-order valence-corrected chi connectivity index (χ3v) is 4.79. The van der Waals surface area contributed by atoms with Gasteiger partial charge in [-0.3, -0.25) is 9.59 Å². The summed E-state index contributed by atoms with van der Waals surface area (Å²) in [5.74, 6) is -0.415. The zero-order valence-corrected chi connectivity index (χ0v) is 16.3. The van der Waals surface area contributed by atoms with E-state index in [9.17, 15) is 14.4 Å². The molecular formula is C22H17NO5S. The molecule has 146 valence electrons. The first kappa shape index (κ1) is 20.2. The minimum Gasteiger partial charge on any atom is -0.478 e. The molecule has 1 aromatic heterocycles. The summed E-state index contributed by atoms with van der Waals surface area (Å²) in [4.78, 5) is 36.5. The van der Waals surface area contributed by atoms with Gasteiger partial charge in [-0.2, -0.15) is 0 Å². The monoisotopic (exact) mass is 407 g/mol. The predicted octanol–water partition coefficient (Wildman–Crippen LogP) is 4.57. The third-order valence-electron chi connectivity index (χ3n) is 4.15. The van der Waals surface area contributed by atoms with Crippen LogP contribution in [0.5, 0.6) is 0 Å². The summed E-state index contributed by atoms with van der Waals surface area (Å²) in [5.41, 5.74) is 2.18. The molecule has 0 bridgehead atoms. The predicted molar refractivity (Wildman–Crippen MR) is 113 cm³/mol. The number of anilines is 1. The van der Waals surface area contributed by atoms with Crippen LogP contribution in [0.25, 0.3) is 17.4 Å². The molecule has 0 unspecified atom stereocenters. The van der Waals surface area contributed by atoms with Crippen molar-refractivity contribution in [3.8, 4) is 11.3 Å². The van der Waals surface area contributed by atoms with Gasteiger partial charge in [-0.1, -0.05) is 30.3 Å². The molecule has 29 heavy (non-hydrogen) atoms. The molecule has 0 aliphatic carbocycles. The summed E-state index contributed by atoms with van der Waals surface area (Å²) in [7, 11) is 1.63. The zero-order valence-electron chi connectivity index (χ0n) is 15.4. The number of aromatic carboxylic acids is 1. The van der Waals surface area contributed by atoms with E-state index >= 15 is 0 Å². The van der Waals surface area contributed by atoms with Gasteiger partial charge in [0.15, 0.2) is 5.62 Å². The molecule has 0 aliphatic rings. The Morgan fingerprint density at radius 1 is 1.00 bits per heavy atom. The number of carbonyl (C=O) groups excluding carboxylic acids is 2. The molecule has 0 saturated carbocycles. The fraction of sp³-hybridized carbons (Fsp3) is 0.0455. The molecular weight excluding hydrogens is 390 g/mol. The molecule has 0 aliphatic heterocycles. The van der Waals surface area contributed by atoms with E-state index in [2.05, 4.69) is 0 Å². The zero-order chi connectivity index (χ0) is 20.8. The average Bonchev–Trinajstić information content (AvgIpc) is 3.21. The van der Waals surface area contributed by atoms with Gasteiger partial charge in [0.1, 0.15) is 11.5 Å². The van der Waals surface area contributed by atoms with Crippen LogP contribution < -0.4 is 4.90 Å². The summed E-state index contributed by atoms with van der Waals surface area (Å²) in [6.07, 6.45) is 1.51. The number of thioether (sulfide) groups is 1. The van der Waals surface area contributed by atoms with Gasteiger partial charge in [0, 0.05) is 24.4 Å². The fourth-order valence-corrected chi connectivity index (χ4v) is 3.15. The van der Waals surface area contributed by atoms with Crippen LogP contribution in [0.4, 0.5) is 5.69 Å². The number of hydrogen-bond acceptors (Lipinski definition) is 5. The lowest BCUT2D eigenvalue weighted by Crippen LogP contribution is -2.26. The molecule has 0 saturated heterocycles. The van der Waals surface area contributed by atoms with Crippen molar-refractivity contribution >= 4 is 41.0 Å². The van der Waals surface area contributed by atoms with Crippen molar-refractivity contribution in [2.45, 2.75) is 0 Å². The number of benzene rings is 2. The standard InChI is InChI=1S/C22H17NO5S/c1-23(17-5-3-2-4-6-17)21(25)20(29-14-24)13-18-11-12-19(28-18)15-7-9-16(10-8-15)22(26)27/h2-14H,1H3,(H,26,27)/b20-13-. The molecule has 6 nitrogen and oxygen atoms in total. The number of rotatable bonds is 7. The largest absolute Gasteiger partial charge is 0.478 e. The number of hydrogen-bond donors (Lipinski definition) is 1. The second-order valence-electron chi connectivity index (χ2n) is 6.01. The van der Waals surface area contributed by atoms with Gasteiger partial charge in [-0.15, -0.1) is 0 Å². The number of carbonyl (C=O) groups is 3. The maximum absolute atomic E-state index is 12.8. The second-order valence-corrected chi connectivity index (χ2v) is 6.87. The van der Waals surface area contributed by atoms with Crippen molar-refractivity contribution in [3.63, 3.8) is 0 Å². The van der Waals surface area contributed by atoms with Crippen molar-refractivity contribution in [3.05, 3.63) is 83.0 Å². The molecule has 0 atom stereocenters. The number of para-hydroxylation sites is 1. The third kappa shape index (κ3) is 4.83. The van der Waals surface area contributed by atoms with Gasteiger partial charge in [-0.05, 0) is 48.2 Å². The first-order valence-electron chi connectivity index (χ1n) is 8.58. The Bertz CT molecular complexity index is 1050. The van der Waals surface area contributed by atoms with Gasteiger partial charge in [0.25, 0.3) is 5.91 Å². The van der Waals surface area contributed by atoms with Crippen molar-refractivity contribution in [1.29, 1.82) is 0 Å². The number of carboxylic acids is 1. The highest BCUT2D eigenvalue weighted by atomic mass is 32.2. The van der Waals surface area contributed by atoms with Gasteiger partial charge >= 0.3 is 5.97 Å². The maximum atomic E-state index is 12.8. The van der Waals surface area contributed by atoms with Crippen molar-refractivity contribution in [2.75, 3.05) is 11.9 Å². The Morgan fingerprint density at radius 2 is 1.69 bits per heavy atom. The fourth-order valence-electron chi connectivity index (χ4n) is 2.62. The first-order chi connectivity index (χ1) is 14.0. The topological polar surface area (TPSA) is 87.8 Å². The van der Waals surface area contributed by atoms with E-state index in [-0.39, 0.29) is 16.4 Å². The van der Waals surface area contributed by atoms with E-state index in [4.69, 9.17) is 9.52 Å². The number of amides is 1. The smallest absolute Gasteiger partial charge is 0.335 e. The average molecular weight is 407 g/mol. The molecule has 3 rings (SSSR count). The van der Waals surface area contributed by atoms with Gasteiger partial charge < -0.3 is 14.4 Å². The Labute approximate surface area is 171 Å². The molecule has 0 fully saturated rings. The molecule has 1 amide bonds. The lowest BCUT2D eigenvalue weighted by atomic mass is 10.1. The van der Waals surface area contributed by atoms with E-state index in [0.29, 0.717) is 28.4 Å². The Morgan fingerprint density at radius 3 is 2.31 bits per heavy atom. The molecule has 3 aromatic rings. The highest BCUT2D eigenvalue weighted by Crippen LogP contribution is 2.27. The van der Waals surface area contributed by atoms with E-state index in [1.807, 2.05) is 18.2 Å². The Balaban J connectivity index is 1.85. The Hall–Kier alpha value is -3.58. The molecule has 1 heterocycles. The molecule has 1 N–H and O–H groups in total. The van der Waals surface area contributed by atoms with Crippen LogP contribution in [-0.2, 0) is 9.59 Å². The first-order valence-corrected chi connectivity index (χ1v) is 9.46. The van der Waals surface area contributed by atoms with Crippen LogP contribution in [0.2, 0.25) is 0 Å². The summed E-state index contributed by atoms with van der Waals surface area (Å²) in [6.45, 7) is 0. The van der Waals surface area contributed by atoms with E-state index in [1.165, 1.54) is 23.1 Å². The lowest BCUT2D eigenvalue weighted by molar-refractivity contribution is -0.114. The maximum Gasteiger partial charge on any atom is 0.335 e.